The van der Waals surface area contributed by atoms with Crippen LogP contribution in [0.1, 0.15) is 49.1 Å². The average molecular weight is 269 g/mol. The zero-order valence-corrected chi connectivity index (χ0v) is 12.5. The van der Waals surface area contributed by atoms with Crippen LogP contribution in [0.3, 0.4) is 0 Å². The fraction of sp³-hybridized carbons (Fsp3) is 0.714. The molecule has 17 heavy (non-hydrogen) atoms. The Labute approximate surface area is 113 Å². The van der Waals surface area contributed by atoms with E-state index < -0.39 is 0 Å². The lowest BCUT2D eigenvalue weighted by Crippen LogP contribution is -2.23. The molecule has 1 saturated carbocycles. The van der Waals surface area contributed by atoms with E-state index in [1.165, 1.54) is 41.9 Å². The highest BCUT2D eigenvalue weighted by atomic mass is 32.2. The maximum absolute atomic E-state index is 3.64. The van der Waals surface area contributed by atoms with Gasteiger partial charge in [-0.3, -0.25) is 0 Å². The van der Waals surface area contributed by atoms with Crippen molar-refractivity contribution in [1.82, 2.24) is 5.32 Å². The van der Waals surface area contributed by atoms with Crippen LogP contribution in [-0.4, -0.2) is 17.5 Å². The van der Waals surface area contributed by atoms with Gasteiger partial charge in [0.15, 0.2) is 0 Å². The second kappa shape index (κ2) is 6.81. The van der Waals surface area contributed by atoms with Gasteiger partial charge in [0, 0.05) is 15.9 Å². The first-order chi connectivity index (χ1) is 8.31. The van der Waals surface area contributed by atoms with E-state index in [2.05, 4.69) is 42.4 Å². The third-order valence-electron chi connectivity index (χ3n) is 3.47. The van der Waals surface area contributed by atoms with Crippen LogP contribution in [0.5, 0.6) is 0 Å². The van der Waals surface area contributed by atoms with Crippen LogP contribution >= 0.6 is 23.1 Å². The number of hydrogen-bond acceptors (Lipinski definition) is 3. The van der Waals surface area contributed by atoms with Crippen LogP contribution in [0.4, 0.5) is 0 Å². The molecule has 1 atom stereocenters. The molecule has 1 aromatic rings. The molecule has 1 unspecified atom stereocenters. The molecule has 1 fully saturated rings. The summed E-state index contributed by atoms with van der Waals surface area (Å²) in [6.45, 7) is 5.50. The van der Waals surface area contributed by atoms with Crippen molar-refractivity contribution in [3.63, 3.8) is 0 Å². The van der Waals surface area contributed by atoms with Gasteiger partial charge in [-0.15, -0.1) is 11.3 Å². The minimum atomic E-state index is 0.561. The van der Waals surface area contributed by atoms with Crippen LogP contribution in [0, 0.1) is 6.92 Å². The van der Waals surface area contributed by atoms with Gasteiger partial charge in [-0.05, 0) is 43.3 Å². The number of hydrogen-bond donors (Lipinski definition) is 1. The summed E-state index contributed by atoms with van der Waals surface area (Å²) >= 11 is 4.09. The maximum atomic E-state index is 3.64. The third kappa shape index (κ3) is 3.73. The molecule has 1 aliphatic carbocycles. The van der Waals surface area contributed by atoms with Crippen LogP contribution in [0.15, 0.2) is 11.4 Å². The van der Waals surface area contributed by atoms with Crippen molar-refractivity contribution in [2.24, 2.45) is 0 Å². The number of nitrogens with one attached hydrogen (secondary N) is 1. The smallest absolute Gasteiger partial charge is 0.0509 e. The van der Waals surface area contributed by atoms with Crippen molar-refractivity contribution in [3.8, 4) is 0 Å². The van der Waals surface area contributed by atoms with E-state index in [9.17, 15) is 0 Å². The number of aryl methyl sites for hydroxylation is 1. The van der Waals surface area contributed by atoms with E-state index in [1.54, 1.807) is 0 Å². The van der Waals surface area contributed by atoms with Crippen molar-refractivity contribution in [2.75, 3.05) is 12.3 Å². The van der Waals surface area contributed by atoms with Gasteiger partial charge in [-0.2, -0.15) is 11.8 Å². The van der Waals surface area contributed by atoms with Crippen LogP contribution in [0.25, 0.3) is 0 Å². The first-order valence-corrected chi connectivity index (χ1v) is 8.63. The summed E-state index contributed by atoms with van der Waals surface area (Å²) in [5, 5.41) is 6.78. The number of thioether (sulfide) groups is 1. The van der Waals surface area contributed by atoms with E-state index in [0.29, 0.717) is 6.04 Å². The highest BCUT2D eigenvalue weighted by molar-refractivity contribution is 7.99. The van der Waals surface area contributed by atoms with Gasteiger partial charge < -0.3 is 5.32 Å². The summed E-state index contributed by atoms with van der Waals surface area (Å²) in [5.74, 6) is 1.24. The number of rotatable bonds is 6. The highest BCUT2D eigenvalue weighted by Gasteiger charge is 2.19. The standard InChI is InChI=1S/C14H23NS2/c1-3-15-13(14-11(2)8-9-16-14)10-17-12-6-4-5-7-12/h8-9,12-13,15H,3-7,10H2,1-2H3. The Morgan fingerprint density at radius 3 is 2.82 bits per heavy atom. The van der Waals surface area contributed by atoms with Gasteiger partial charge in [-0.1, -0.05) is 19.8 Å². The molecule has 0 spiro atoms. The minimum absolute atomic E-state index is 0.561. The first kappa shape index (κ1) is 13.4. The summed E-state index contributed by atoms with van der Waals surface area (Å²) in [6, 6.07) is 2.80. The molecule has 96 valence electrons. The largest absolute Gasteiger partial charge is 0.309 e. The Balaban J connectivity index is 1.90. The second-order valence-corrected chi connectivity index (χ2v) is 7.10. The third-order valence-corrected chi connectivity index (χ3v) is 6.07. The van der Waals surface area contributed by atoms with Gasteiger partial charge >= 0.3 is 0 Å². The Hall–Kier alpha value is 0.0100. The Morgan fingerprint density at radius 1 is 1.47 bits per heavy atom. The molecule has 1 aromatic heterocycles. The lowest BCUT2D eigenvalue weighted by Gasteiger charge is -2.19. The predicted molar refractivity (Wildman–Crippen MR) is 80.2 cm³/mol. The predicted octanol–water partition coefficient (Wildman–Crippen LogP) is 4.38. The van der Waals surface area contributed by atoms with Gasteiger partial charge in [0.1, 0.15) is 0 Å². The fourth-order valence-electron chi connectivity index (χ4n) is 2.50. The van der Waals surface area contributed by atoms with Gasteiger partial charge in [0.2, 0.25) is 0 Å². The van der Waals surface area contributed by atoms with Gasteiger partial charge in [-0.25, -0.2) is 0 Å². The number of thiophene rings is 1. The van der Waals surface area contributed by atoms with E-state index in [1.807, 2.05) is 11.3 Å². The van der Waals surface area contributed by atoms with Crippen LogP contribution in [0.2, 0.25) is 0 Å². The molecule has 1 aliphatic rings. The summed E-state index contributed by atoms with van der Waals surface area (Å²) in [7, 11) is 0. The Bertz CT molecular complexity index is 329. The molecule has 0 saturated heterocycles. The normalized spacial score (nSPS) is 18.7. The van der Waals surface area contributed by atoms with E-state index in [4.69, 9.17) is 0 Å². The molecule has 1 nitrogen and oxygen atoms in total. The van der Waals surface area contributed by atoms with Crippen LogP contribution < -0.4 is 5.32 Å². The summed E-state index contributed by atoms with van der Waals surface area (Å²) in [6.07, 6.45) is 5.77. The zero-order valence-electron chi connectivity index (χ0n) is 10.9. The highest BCUT2D eigenvalue weighted by Crippen LogP contribution is 2.33. The average Bonchev–Trinajstić information content (AvgIpc) is 2.95. The molecular weight excluding hydrogens is 246 g/mol. The first-order valence-electron chi connectivity index (χ1n) is 6.70. The molecule has 1 N–H and O–H groups in total. The molecule has 2 rings (SSSR count). The van der Waals surface area contributed by atoms with E-state index >= 15 is 0 Å². The quantitative estimate of drug-likeness (QED) is 0.822. The second-order valence-electron chi connectivity index (χ2n) is 4.82. The van der Waals surface area contributed by atoms with Crippen molar-refractivity contribution >= 4 is 23.1 Å². The van der Waals surface area contributed by atoms with E-state index in [-0.39, 0.29) is 0 Å². The van der Waals surface area contributed by atoms with Crippen molar-refractivity contribution in [2.45, 2.75) is 50.8 Å². The summed E-state index contributed by atoms with van der Waals surface area (Å²) in [4.78, 5) is 1.54. The van der Waals surface area contributed by atoms with Crippen molar-refractivity contribution in [1.29, 1.82) is 0 Å². The molecule has 0 aliphatic heterocycles. The minimum Gasteiger partial charge on any atom is -0.309 e. The molecule has 0 aromatic carbocycles. The van der Waals surface area contributed by atoms with Gasteiger partial charge in [0.25, 0.3) is 0 Å². The lowest BCUT2D eigenvalue weighted by molar-refractivity contribution is 0.611. The zero-order chi connectivity index (χ0) is 12.1. The summed E-state index contributed by atoms with van der Waals surface area (Å²) < 4.78 is 0. The van der Waals surface area contributed by atoms with E-state index in [0.717, 1.165) is 11.8 Å². The lowest BCUT2D eigenvalue weighted by atomic mass is 10.2. The SMILES string of the molecule is CCNC(CSC1CCCC1)c1sccc1C. The molecule has 1 heterocycles. The molecule has 0 amide bonds. The topological polar surface area (TPSA) is 12.0 Å². The molecule has 0 bridgehead atoms. The molecule has 3 heteroatoms. The summed E-state index contributed by atoms with van der Waals surface area (Å²) in [5.41, 5.74) is 1.45. The fourth-order valence-corrected chi connectivity index (χ4v) is 5.03. The van der Waals surface area contributed by atoms with Gasteiger partial charge in [0.05, 0.1) is 6.04 Å². The molecule has 0 radical (unpaired) electrons. The van der Waals surface area contributed by atoms with Crippen molar-refractivity contribution in [3.05, 3.63) is 21.9 Å². The Morgan fingerprint density at radius 2 is 2.24 bits per heavy atom. The van der Waals surface area contributed by atoms with Crippen molar-refractivity contribution < 1.29 is 0 Å². The maximum Gasteiger partial charge on any atom is 0.0509 e. The monoisotopic (exact) mass is 269 g/mol. The van der Waals surface area contributed by atoms with Crippen LogP contribution in [-0.2, 0) is 0 Å². The Kier molecular flexibility index (Phi) is 5.39. The molecular formula is C14H23NS2.